The third-order valence-corrected chi connectivity index (χ3v) is 2.91. The molecule has 2 N–H and O–H groups in total. The number of nitrogens with two attached hydrogens (primary N) is 1. The van der Waals surface area contributed by atoms with Gasteiger partial charge >= 0.3 is 5.76 Å². The molecule has 5 heteroatoms. The Morgan fingerprint density at radius 1 is 1.50 bits per heavy atom. The molecule has 0 bridgehead atoms. The lowest BCUT2D eigenvalue weighted by molar-refractivity contribution is 0.310. The first-order chi connectivity index (χ1) is 8.47. The number of likely N-dealkylation sites (N-methyl/N-ethyl adjacent to an activating group) is 1. The summed E-state index contributed by atoms with van der Waals surface area (Å²) in [5.41, 5.74) is 8.32. The Labute approximate surface area is 106 Å². The Bertz CT molecular complexity index is 598. The van der Waals surface area contributed by atoms with E-state index in [2.05, 4.69) is 4.90 Å². The third kappa shape index (κ3) is 2.63. The average Bonchev–Trinajstić information content (AvgIpc) is 2.53. The number of hydrogen-bond acceptors (Lipinski definition) is 4. The van der Waals surface area contributed by atoms with Crippen LogP contribution in [0.15, 0.2) is 27.4 Å². The van der Waals surface area contributed by atoms with Gasteiger partial charge in [-0.15, -0.1) is 0 Å². The highest BCUT2D eigenvalue weighted by atomic mass is 16.4. The number of fused-ring (bicyclic) bond motifs is 1. The minimum Gasteiger partial charge on any atom is -0.408 e. The zero-order chi connectivity index (χ0) is 13.3. The maximum Gasteiger partial charge on any atom is 0.419 e. The van der Waals surface area contributed by atoms with Crippen LogP contribution >= 0.6 is 0 Å². The molecule has 1 atom stereocenters. The van der Waals surface area contributed by atoms with Crippen LogP contribution in [0.1, 0.15) is 12.5 Å². The predicted molar refractivity (Wildman–Crippen MR) is 71.4 cm³/mol. The summed E-state index contributed by atoms with van der Waals surface area (Å²) in [6, 6.07) is 5.98. The van der Waals surface area contributed by atoms with E-state index in [4.69, 9.17) is 10.2 Å². The summed E-state index contributed by atoms with van der Waals surface area (Å²) < 4.78 is 6.67. The SMILES string of the molecule is CC(N)CN(C)Cc1ccc2c(c1)oc(=O)n2C. The number of oxazole rings is 1. The van der Waals surface area contributed by atoms with Crippen molar-refractivity contribution >= 4 is 11.1 Å². The lowest BCUT2D eigenvalue weighted by atomic mass is 10.2. The Morgan fingerprint density at radius 2 is 2.22 bits per heavy atom. The molecule has 0 radical (unpaired) electrons. The molecular weight excluding hydrogens is 230 g/mol. The van der Waals surface area contributed by atoms with Crippen molar-refractivity contribution in [2.45, 2.75) is 19.5 Å². The molecule has 0 aliphatic rings. The van der Waals surface area contributed by atoms with Crippen molar-refractivity contribution in [1.29, 1.82) is 0 Å². The van der Waals surface area contributed by atoms with E-state index in [0.717, 1.165) is 24.2 Å². The monoisotopic (exact) mass is 249 g/mol. The highest BCUT2D eigenvalue weighted by Crippen LogP contribution is 2.15. The van der Waals surface area contributed by atoms with Crippen molar-refractivity contribution in [3.63, 3.8) is 0 Å². The number of benzene rings is 1. The van der Waals surface area contributed by atoms with Crippen molar-refractivity contribution in [2.75, 3.05) is 13.6 Å². The van der Waals surface area contributed by atoms with Crippen molar-refractivity contribution in [3.05, 3.63) is 34.3 Å². The van der Waals surface area contributed by atoms with Crippen molar-refractivity contribution in [3.8, 4) is 0 Å². The smallest absolute Gasteiger partial charge is 0.408 e. The van der Waals surface area contributed by atoms with Crippen molar-refractivity contribution in [2.24, 2.45) is 12.8 Å². The second-order valence-corrected chi connectivity index (χ2v) is 4.90. The molecule has 1 aromatic heterocycles. The highest BCUT2D eigenvalue weighted by Gasteiger charge is 2.08. The van der Waals surface area contributed by atoms with E-state index in [1.165, 1.54) is 4.57 Å². The van der Waals surface area contributed by atoms with Gasteiger partial charge in [0.05, 0.1) is 5.52 Å². The summed E-state index contributed by atoms with van der Waals surface area (Å²) >= 11 is 0. The van der Waals surface area contributed by atoms with E-state index < -0.39 is 0 Å². The molecule has 2 rings (SSSR count). The second kappa shape index (κ2) is 4.96. The van der Waals surface area contributed by atoms with Crippen molar-refractivity contribution in [1.82, 2.24) is 9.47 Å². The summed E-state index contributed by atoms with van der Waals surface area (Å²) in [7, 11) is 3.73. The van der Waals surface area contributed by atoms with E-state index in [1.807, 2.05) is 32.2 Å². The van der Waals surface area contributed by atoms with Crippen LogP contribution in [0.4, 0.5) is 0 Å². The summed E-state index contributed by atoms with van der Waals surface area (Å²) in [5, 5.41) is 0. The van der Waals surface area contributed by atoms with Gasteiger partial charge in [0, 0.05) is 26.2 Å². The van der Waals surface area contributed by atoms with E-state index in [0.29, 0.717) is 5.58 Å². The lowest BCUT2D eigenvalue weighted by Crippen LogP contribution is -2.32. The molecule has 0 fully saturated rings. The molecule has 0 aliphatic carbocycles. The minimum absolute atomic E-state index is 0.147. The first kappa shape index (κ1) is 12.9. The van der Waals surface area contributed by atoms with Crippen LogP contribution in [0.5, 0.6) is 0 Å². The number of nitrogens with zero attached hydrogens (tertiary/aromatic N) is 2. The normalized spacial score (nSPS) is 13.4. The van der Waals surface area contributed by atoms with Gasteiger partial charge < -0.3 is 15.1 Å². The molecular formula is C13H19N3O2. The Balaban J connectivity index is 2.23. The molecule has 5 nitrogen and oxygen atoms in total. The number of rotatable bonds is 4. The van der Waals surface area contributed by atoms with Gasteiger partial charge in [0.15, 0.2) is 5.58 Å². The van der Waals surface area contributed by atoms with E-state index in [9.17, 15) is 4.79 Å². The fourth-order valence-electron chi connectivity index (χ4n) is 2.14. The Hall–Kier alpha value is -1.59. The van der Waals surface area contributed by atoms with Crippen LogP contribution in [0.3, 0.4) is 0 Å². The maximum absolute atomic E-state index is 11.4. The van der Waals surface area contributed by atoms with Gasteiger partial charge in [0.2, 0.25) is 0 Å². The van der Waals surface area contributed by atoms with Crippen LogP contribution in [-0.4, -0.2) is 29.1 Å². The Kier molecular flexibility index (Phi) is 3.54. The first-order valence-corrected chi connectivity index (χ1v) is 6.00. The summed E-state index contributed by atoms with van der Waals surface area (Å²) in [6.07, 6.45) is 0. The topological polar surface area (TPSA) is 64.4 Å². The van der Waals surface area contributed by atoms with Crippen molar-refractivity contribution < 1.29 is 4.42 Å². The number of hydrogen-bond donors (Lipinski definition) is 1. The van der Waals surface area contributed by atoms with Gasteiger partial charge in [-0.25, -0.2) is 4.79 Å². The fourth-order valence-corrected chi connectivity index (χ4v) is 2.14. The molecule has 0 saturated heterocycles. The quantitative estimate of drug-likeness (QED) is 0.874. The van der Waals surface area contributed by atoms with Crippen LogP contribution in [0.2, 0.25) is 0 Å². The molecule has 0 aliphatic heterocycles. The third-order valence-electron chi connectivity index (χ3n) is 2.91. The van der Waals surface area contributed by atoms with Crippen LogP contribution in [-0.2, 0) is 13.6 Å². The summed E-state index contributed by atoms with van der Waals surface area (Å²) in [5.74, 6) is -0.328. The number of aryl methyl sites for hydroxylation is 1. The van der Waals surface area contributed by atoms with Crippen LogP contribution in [0, 0.1) is 0 Å². The molecule has 0 spiro atoms. The van der Waals surface area contributed by atoms with Crippen LogP contribution in [0.25, 0.3) is 11.1 Å². The Morgan fingerprint density at radius 3 is 2.89 bits per heavy atom. The molecule has 0 saturated carbocycles. The maximum atomic E-state index is 11.4. The van der Waals surface area contributed by atoms with Gasteiger partial charge in [-0.05, 0) is 31.7 Å². The van der Waals surface area contributed by atoms with E-state index in [1.54, 1.807) is 7.05 Å². The molecule has 1 unspecified atom stereocenters. The molecule has 0 amide bonds. The average molecular weight is 249 g/mol. The van der Waals surface area contributed by atoms with Gasteiger partial charge in [-0.2, -0.15) is 0 Å². The zero-order valence-electron chi connectivity index (χ0n) is 11.0. The first-order valence-electron chi connectivity index (χ1n) is 6.00. The van der Waals surface area contributed by atoms with E-state index >= 15 is 0 Å². The zero-order valence-corrected chi connectivity index (χ0v) is 11.0. The highest BCUT2D eigenvalue weighted by molar-refractivity contribution is 5.73. The summed E-state index contributed by atoms with van der Waals surface area (Å²) in [6.45, 7) is 3.60. The van der Waals surface area contributed by atoms with Gasteiger partial charge in [0.25, 0.3) is 0 Å². The van der Waals surface area contributed by atoms with Crippen LogP contribution < -0.4 is 11.5 Å². The lowest BCUT2D eigenvalue weighted by Gasteiger charge is -2.18. The van der Waals surface area contributed by atoms with E-state index in [-0.39, 0.29) is 11.8 Å². The largest absolute Gasteiger partial charge is 0.419 e. The second-order valence-electron chi connectivity index (χ2n) is 4.90. The molecule has 1 aromatic carbocycles. The molecule has 2 aromatic rings. The summed E-state index contributed by atoms with van der Waals surface area (Å²) in [4.78, 5) is 13.5. The number of aromatic nitrogens is 1. The fraction of sp³-hybridized carbons (Fsp3) is 0.462. The van der Waals surface area contributed by atoms with Gasteiger partial charge in [-0.3, -0.25) is 4.57 Å². The minimum atomic E-state index is -0.328. The molecule has 1 heterocycles. The molecule has 98 valence electrons. The van der Waals surface area contributed by atoms with Gasteiger partial charge in [0.1, 0.15) is 0 Å². The van der Waals surface area contributed by atoms with Gasteiger partial charge in [-0.1, -0.05) is 6.07 Å². The molecule has 18 heavy (non-hydrogen) atoms. The predicted octanol–water partition coefficient (Wildman–Crippen LogP) is 0.910. The standard InChI is InChI=1S/C13H19N3O2/c1-9(14)7-15(2)8-10-4-5-11-12(6-10)18-13(17)16(11)3/h4-6,9H,7-8,14H2,1-3H3.